The van der Waals surface area contributed by atoms with E-state index in [-0.39, 0.29) is 22.6 Å². The van der Waals surface area contributed by atoms with Crippen LogP contribution in [0.15, 0.2) is 88.5 Å². The molecule has 8 heteroatoms. The molecule has 0 aliphatic rings. The molecule has 2 aromatic heterocycles. The van der Waals surface area contributed by atoms with Gasteiger partial charge in [-0.2, -0.15) is 14.6 Å². The molecule has 7 nitrogen and oxygen atoms in total. The van der Waals surface area contributed by atoms with Gasteiger partial charge in [0, 0.05) is 6.42 Å². The molecule has 3 aromatic carbocycles. The molecule has 0 fully saturated rings. The van der Waals surface area contributed by atoms with E-state index in [0.717, 1.165) is 45.9 Å². The summed E-state index contributed by atoms with van der Waals surface area (Å²) in [4.78, 5) is 30.0. The van der Waals surface area contributed by atoms with Crippen molar-refractivity contribution in [3.8, 4) is 11.5 Å². The van der Waals surface area contributed by atoms with Gasteiger partial charge >= 0.3 is 0 Å². The zero-order valence-corrected chi connectivity index (χ0v) is 21.1. The Bertz CT molecular complexity index is 1660. The molecule has 5 rings (SSSR count). The average Bonchev–Trinajstić information content (AvgIpc) is 3.22. The average molecular weight is 512 g/mol. The van der Waals surface area contributed by atoms with Gasteiger partial charge in [0.15, 0.2) is 0 Å². The number of benzene rings is 3. The minimum absolute atomic E-state index is 0.223. The fourth-order valence-electron chi connectivity index (χ4n) is 3.72. The van der Waals surface area contributed by atoms with Gasteiger partial charge in [-0.15, -0.1) is 0 Å². The van der Waals surface area contributed by atoms with Gasteiger partial charge in [0.1, 0.15) is 23.8 Å². The molecule has 2 heterocycles. The highest BCUT2D eigenvalue weighted by atomic mass is 32.1. The van der Waals surface area contributed by atoms with Gasteiger partial charge in [-0.05, 0) is 53.5 Å². The predicted octanol–water partition coefficient (Wildman–Crippen LogP) is 4.02. The van der Waals surface area contributed by atoms with Crippen LogP contribution in [0.4, 0.5) is 0 Å². The van der Waals surface area contributed by atoms with E-state index in [2.05, 4.69) is 10.1 Å². The monoisotopic (exact) mass is 511 g/mol. The number of rotatable bonds is 9. The molecule has 0 atom stereocenters. The lowest BCUT2D eigenvalue weighted by molar-refractivity contribution is 0.306. The van der Waals surface area contributed by atoms with Crippen LogP contribution in [0, 0.1) is 0 Å². The fourth-order valence-corrected chi connectivity index (χ4v) is 4.63. The van der Waals surface area contributed by atoms with E-state index in [9.17, 15) is 9.59 Å². The maximum absolute atomic E-state index is 13.0. The van der Waals surface area contributed by atoms with Crippen LogP contribution < -0.4 is 25.1 Å². The van der Waals surface area contributed by atoms with Crippen molar-refractivity contribution >= 4 is 22.4 Å². The Morgan fingerprint density at radius 1 is 0.865 bits per heavy atom. The smallest absolute Gasteiger partial charge is 0.296 e. The molecule has 0 radical (unpaired) electrons. The molecule has 37 heavy (non-hydrogen) atoms. The Hall–Kier alpha value is -4.30. The molecule has 0 spiro atoms. The normalized spacial score (nSPS) is 11.6. The SMILES string of the molecule is CCCOc1ccc(Cc2nn3c(=O)c(=Cc4ccc(OCc5ccccc5)cc4)sc3nc2=O)cc1. The van der Waals surface area contributed by atoms with Crippen LogP contribution in [0.1, 0.15) is 35.7 Å². The molecule has 5 aromatic rings. The summed E-state index contributed by atoms with van der Waals surface area (Å²) in [6, 6.07) is 24.9. The Morgan fingerprint density at radius 3 is 2.30 bits per heavy atom. The zero-order valence-electron chi connectivity index (χ0n) is 20.3. The summed E-state index contributed by atoms with van der Waals surface area (Å²) in [5, 5.41) is 4.34. The van der Waals surface area contributed by atoms with Gasteiger partial charge in [0.05, 0.1) is 11.1 Å². The summed E-state index contributed by atoms with van der Waals surface area (Å²) in [6.07, 6.45) is 2.98. The molecule has 186 valence electrons. The molecule has 0 saturated carbocycles. The van der Waals surface area contributed by atoms with Crippen molar-refractivity contribution in [2.75, 3.05) is 6.61 Å². The second-order valence-corrected chi connectivity index (χ2v) is 9.50. The van der Waals surface area contributed by atoms with E-state index in [0.29, 0.717) is 17.7 Å². The van der Waals surface area contributed by atoms with Gasteiger partial charge in [-0.25, -0.2) is 0 Å². The number of fused-ring (bicyclic) bond motifs is 1. The van der Waals surface area contributed by atoms with Gasteiger partial charge in [-0.1, -0.05) is 72.9 Å². The molecule has 0 saturated heterocycles. The molecule has 0 aliphatic heterocycles. The molecule has 0 unspecified atom stereocenters. The first kappa shape index (κ1) is 24.4. The third-order valence-corrected chi connectivity index (χ3v) is 6.60. The number of hydrogen-bond donors (Lipinski definition) is 0. The standard InChI is InChI=1S/C29H25N3O4S/c1-2-16-35-23-12-8-20(9-13-23)17-25-27(33)30-29-32(31-25)28(34)26(37-29)18-21-10-14-24(15-11-21)36-19-22-6-4-3-5-7-22/h3-15,18H,2,16-17,19H2,1H3. The van der Waals surface area contributed by atoms with E-state index >= 15 is 0 Å². The van der Waals surface area contributed by atoms with Crippen molar-refractivity contribution < 1.29 is 9.47 Å². The first-order valence-corrected chi connectivity index (χ1v) is 12.8. The fraction of sp³-hybridized carbons (Fsp3) is 0.172. The number of thiazole rings is 1. The predicted molar refractivity (Wildman–Crippen MR) is 144 cm³/mol. The van der Waals surface area contributed by atoms with Crippen LogP contribution in [-0.4, -0.2) is 21.2 Å². The summed E-state index contributed by atoms with van der Waals surface area (Å²) in [7, 11) is 0. The Labute approximate surface area is 217 Å². The Morgan fingerprint density at radius 2 is 1.57 bits per heavy atom. The van der Waals surface area contributed by atoms with Crippen molar-refractivity contribution in [2.24, 2.45) is 0 Å². The summed E-state index contributed by atoms with van der Waals surface area (Å²) in [5.74, 6) is 1.52. The minimum Gasteiger partial charge on any atom is -0.494 e. The second-order valence-electron chi connectivity index (χ2n) is 8.49. The van der Waals surface area contributed by atoms with Crippen LogP contribution >= 0.6 is 11.3 Å². The van der Waals surface area contributed by atoms with E-state index in [1.165, 1.54) is 4.52 Å². The van der Waals surface area contributed by atoms with Crippen LogP contribution in [0.25, 0.3) is 11.0 Å². The number of nitrogens with zero attached hydrogens (tertiary/aromatic N) is 3. The third-order valence-electron chi connectivity index (χ3n) is 5.64. The summed E-state index contributed by atoms with van der Waals surface area (Å²) in [6.45, 7) is 3.18. The van der Waals surface area contributed by atoms with Gasteiger partial charge in [0.2, 0.25) is 4.96 Å². The van der Waals surface area contributed by atoms with E-state index in [1.54, 1.807) is 6.08 Å². The van der Waals surface area contributed by atoms with Crippen LogP contribution in [0.2, 0.25) is 0 Å². The largest absolute Gasteiger partial charge is 0.494 e. The lowest BCUT2D eigenvalue weighted by atomic mass is 10.1. The van der Waals surface area contributed by atoms with Crippen molar-refractivity contribution in [1.29, 1.82) is 0 Å². The Kier molecular flexibility index (Phi) is 7.37. The lowest BCUT2D eigenvalue weighted by Gasteiger charge is -2.06. The van der Waals surface area contributed by atoms with Crippen molar-refractivity contribution in [1.82, 2.24) is 14.6 Å². The van der Waals surface area contributed by atoms with Crippen molar-refractivity contribution in [2.45, 2.75) is 26.4 Å². The number of hydrogen-bond acceptors (Lipinski definition) is 7. The number of aromatic nitrogens is 3. The number of ether oxygens (including phenoxy) is 2. The minimum atomic E-state index is -0.431. The molecular weight excluding hydrogens is 486 g/mol. The molecule has 0 aliphatic carbocycles. The van der Waals surface area contributed by atoms with E-state index in [4.69, 9.17) is 9.47 Å². The first-order valence-electron chi connectivity index (χ1n) is 12.0. The van der Waals surface area contributed by atoms with Gasteiger partial charge in [-0.3, -0.25) is 9.59 Å². The molecule has 0 N–H and O–H groups in total. The van der Waals surface area contributed by atoms with Crippen molar-refractivity contribution in [3.63, 3.8) is 0 Å². The summed E-state index contributed by atoms with van der Waals surface area (Å²) in [5.41, 5.74) is 2.30. The van der Waals surface area contributed by atoms with Gasteiger partial charge in [0.25, 0.3) is 11.1 Å². The van der Waals surface area contributed by atoms with Crippen molar-refractivity contribution in [3.05, 3.63) is 126 Å². The maximum atomic E-state index is 13.0. The summed E-state index contributed by atoms with van der Waals surface area (Å²) < 4.78 is 13.1. The highest BCUT2D eigenvalue weighted by Gasteiger charge is 2.12. The maximum Gasteiger partial charge on any atom is 0.296 e. The molecular formula is C29H25N3O4S. The first-order chi connectivity index (χ1) is 18.1. The Balaban J connectivity index is 1.34. The van der Waals surface area contributed by atoms with Crippen LogP contribution in [0.3, 0.4) is 0 Å². The van der Waals surface area contributed by atoms with Crippen LogP contribution in [0.5, 0.6) is 11.5 Å². The topological polar surface area (TPSA) is 82.8 Å². The third kappa shape index (κ3) is 5.92. The highest BCUT2D eigenvalue weighted by molar-refractivity contribution is 7.15. The lowest BCUT2D eigenvalue weighted by Crippen LogP contribution is -2.28. The molecule has 0 amide bonds. The van der Waals surface area contributed by atoms with Gasteiger partial charge < -0.3 is 9.47 Å². The highest BCUT2D eigenvalue weighted by Crippen LogP contribution is 2.16. The molecule has 0 bridgehead atoms. The van der Waals surface area contributed by atoms with E-state index < -0.39 is 5.56 Å². The van der Waals surface area contributed by atoms with Crippen LogP contribution in [-0.2, 0) is 13.0 Å². The summed E-state index contributed by atoms with van der Waals surface area (Å²) >= 11 is 1.14. The van der Waals surface area contributed by atoms with E-state index in [1.807, 2.05) is 85.8 Å². The second kappa shape index (κ2) is 11.2. The quantitative estimate of drug-likeness (QED) is 0.297. The zero-order chi connectivity index (χ0) is 25.6.